The number of aromatic nitrogens is 1. The lowest BCUT2D eigenvalue weighted by molar-refractivity contribution is 0.586. The van der Waals surface area contributed by atoms with Crippen LogP contribution in [0.3, 0.4) is 0 Å². The Morgan fingerprint density at radius 2 is 2.00 bits per heavy atom. The van der Waals surface area contributed by atoms with Crippen molar-refractivity contribution in [2.45, 2.75) is 11.8 Å². The smallest absolute Gasteiger partial charge is 0.246 e. The third kappa shape index (κ3) is 1.95. The Balaban J connectivity index is 2.61. The van der Waals surface area contributed by atoms with Gasteiger partial charge in [-0.15, -0.1) is 0 Å². The van der Waals surface area contributed by atoms with E-state index >= 15 is 0 Å². The Hall–Kier alpha value is -2.06. The molecule has 2 rings (SSSR count). The SMILES string of the molecule is Cc1cccn1S(=O)(=O)c1cccc(C#N)c1. The van der Waals surface area contributed by atoms with Crippen LogP contribution in [0.15, 0.2) is 47.5 Å². The van der Waals surface area contributed by atoms with E-state index in [-0.39, 0.29) is 4.90 Å². The van der Waals surface area contributed by atoms with Gasteiger partial charge in [0.2, 0.25) is 0 Å². The van der Waals surface area contributed by atoms with Crippen LogP contribution in [0.5, 0.6) is 0 Å². The van der Waals surface area contributed by atoms with Crippen molar-refractivity contribution in [2.24, 2.45) is 0 Å². The molecule has 0 aliphatic rings. The summed E-state index contributed by atoms with van der Waals surface area (Å²) in [7, 11) is -3.59. The highest BCUT2D eigenvalue weighted by molar-refractivity contribution is 7.90. The first-order chi connectivity index (χ1) is 8.05. The summed E-state index contributed by atoms with van der Waals surface area (Å²) in [5.74, 6) is 0. The molecular formula is C12H10N2O2S. The highest BCUT2D eigenvalue weighted by atomic mass is 32.2. The summed E-state index contributed by atoms with van der Waals surface area (Å²) in [6.07, 6.45) is 1.49. The van der Waals surface area contributed by atoms with Crippen LogP contribution >= 0.6 is 0 Å². The lowest BCUT2D eigenvalue weighted by Crippen LogP contribution is -2.13. The first kappa shape index (κ1) is 11.4. The van der Waals surface area contributed by atoms with E-state index in [1.54, 1.807) is 31.2 Å². The van der Waals surface area contributed by atoms with Gasteiger partial charge in [-0.3, -0.25) is 0 Å². The summed E-state index contributed by atoms with van der Waals surface area (Å²) >= 11 is 0. The van der Waals surface area contributed by atoms with Gasteiger partial charge in [0.25, 0.3) is 10.0 Å². The molecule has 17 heavy (non-hydrogen) atoms. The van der Waals surface area contributed by atoms with Crippen molar-refractivity contribution < 1.29 is 8.42 Å². The number of nitriles is 1. The molecule has 0 bridgehead atoms. The second kappa shape index (κ2) is 4.07. The topological polar surface area (TPSA) is 62.9 Å². The lowest BCUT2D eigenvalue weighted by atomic mass is 10.2. The normalized spacial score (nSPS) is 11.1. The Labute approximate surface area is 99.8 Å². The summed E-state index contributed by atoms with van der Waals surface area (Å²) in [5, 5.41) is 8.76. The molecule has 0 amide bonds. The zero-order chi connectivity index (χ0) is 12.5. The third-order valence-electron chi connectivity index (χ3n) is 2.43. The van der Waals surface area contributed by atoms with Crippen molar-refractivity contribution in [3.05, 3.63) is 53.9 Å². The van der Waals surface area contributed by atoms with Crippen molar-refractivity contribution in [1.82, 2.24) is 3.97 Å². The molecule has 0 unspecified atom stereocenters. The number of aryl methyl sites for hydroxylation is 1. The number of hydrogen-bond acceptors (Lipinski definition) is 3. The Morgan fingerprint density at radius 3 is 2.59 bits per heavy atom. The molecule has 0 saturated carbocycles. The van der Waals surface area contributed by atoms with E-state index in [1.807, 2.05) is 6.07 Å². The maximum Gasteiger partial charge on any atom is 0.267 e. The van der Waals surface area contributed by atoms with Crippen LogP contribution in [-0.4, -0.2) is 12.4 Å². The monoisotopic (exact) mass is 246 g/mol. The maximum atomic E-state index is 12.2. The summed E-state index contributed by atoms with van der Waals surface area (Å²) in [6, 6.07) is 11.3. The predicted octanol–water partition coefficient (Wildman–Crippen LogP) is 1.91. The largest absolute Gasteiger partial charge is 0.267 e. The summed E-state index contributed by atoms with van der Waals surface area (Å²) in [4.78, 5) is 0.121. The van der Waals surface area contributed by atoms with Crippen LogP contribution < -0.4 is 0 Å². The molecule has 1 heterocycles. The van der Waals surface area contributed by atoms with Crippen molar-refractivity contribution in [3.63, 3.8) is 0 Å². The van der Waals surface area contributed by atoms with Gasteiger partial charge in [-0.1, -0.05) is 6.07 Å². The van der Waals surface area contributed by atoms with E-state index in [9.17, 15) is 8.42 Å². The molecule has 1 aromatic heterocycles. The van der Waals surface area contributed by atoms with E-state index in [2.05, 4.69) is 0 Å². The molecule has 0 N–H and O–H groups in total. The van der Waals surface area contributed by atoms with E-state index < -0.39 is 10.0 Å². The van der Waals surface area contributed by atoms with E-state index in [4.69, 9.17) is 5.26 Å². The van der Waals surface area contributed by atoms with Gasteiger partial charge in [0.15, 0.2) is 0 Å². The fourth-order valence-corrected chi connectivity index (χ4v) is 2.98. The molecule has 4 nitrogen and oxygen atoms in total. The molecule has 0 aliphatic heterocycles. The minimum atomic E-state index is -3.59. The Kier molecular flexibility index (Phi) is 2.74. The first-order valence-electron chi connectivity index (χ1n) is 4.95. The number of rotatable bonds is 2. The minimum absolute atomic E-state index is 0.121. The molecule has 2 aromatic rings. The van der Waals surface area contributed by atoms with Gasteiger partial charge < -0.3 is 0 Å². The number of nitrogens with zero attached hydrogens (tertiary/aromatic N) is 2. The molecule has 0 saturated heterocycles. The Bertz CT molecular complexity index is 693. The predicted molar refractivity (Wildman–Crippen MR) is 62.9 cm³/mol. The van der Waals surface area contributed by atoms with Crippen molar-refractivity contribution in [1.29, 1.82) is 5.26 Å². The molecule has 1 aromatic carbocycles. The average molecular weight is 246 g/mol. The standard InChI is InChI=1S/C12H10N2O2S/c1-10-4-3-7-14(10)17(15,16)12-6-2-5-11(8-12)9-13/h2-8H,1H3. The molecule has 0 radical (unpaired) electrons. The van der Waals surface area contributed by atoms with E-state index in [0.717, 1.165) is 0 Å². The second-order valence-corrected chi connectivity index (χ2v) is 5.40. The fourth-order valence-electron chi connectivity index (χ4n) is 1.56. The van der Waals surface area contributed by atoms with Crippen molar-refractivity contribution in [3.8, 4) is 6.07 Å². The molecule has 0 aliphatic carbocycles. The zero-order valence-electron chi connectivity index (χ0n) is 9.16. The van der Waals surface area contributed by atoms with Gasteiger partial charge in [-0.25, -0.2) is 12.4 Å². The maximum absolute atomic E-state index is 12.2. The average Bonchev–Trinajstić information content (AvgIpc) is 2.76. The molecule has 86 valence electrons. The Morgan fingerprint density at radius 1 is 1.24 bits per heavy atom. The highest BCUT2D eigenvalue weighted by Gasteiger charge is 2.17. The second-order valence-electron chi connectivity index (χ2n) is 3.59. The lowest BCUT2D eigenvalue weighted by Gasteiger charge is -2.08. The molecule has 0 spiro atoms. The van der Waals surface area contributed by atoms with Gasteiger partial charge in [0, 0.05) is 11.9 Å². The van der Waals surface area contributed by atoms with Crippen LogP contribution in [-0.2, 0) is 10.0 Å². The number of hydrogen-bond donors (Lipinski definition) is 0. The fraction of sp³-hybridized carbons (Fsp3) is 0.0833. The van der Waals surface area contributed by atoms with Crippen LogP contribution in [0.4, 0.5) is 0 Å². The highest BCUT2D eigenvalue weighted by Crippen LogP contribution is 2.17. The van der Waals surface area contributed by atoms with Gasteiger partial charge in [0.1, 0.15) is 0 Å². The summed E-state index contributed by atoms with van der Waals surface area (Å²) in [6.45, 7) is 1.71. The minimum Gasteiger partial charge on any atom is -0.246 e. The van der Waals surface area contributed by atoms with Crippen LogP contribution in [0.2, 0.25) is 0 Å². The third-order valence-corrected chi connectivity index (χ3v) is 4.20. The summed E-state index contributed by atoms with van der Waals surface area (Å²) in [5.41, 5.74) is 0.961. The van der Waals surface area contributed by atoms with Gasteiger partial charge >= 0.3 is 0 Å². The zero-order valence-corrected chi connectivity index (χ0v) is 9.98. The molecule has 5 heteroatoms. The first-order valence-corrected chi connectivity index (χ1v) is 6.39. The van der Waals surface area contributed by atoms with Gasteiger partial charge in [-0.2, -0.15) is 5.26 Å². The van der Waals surface area contributed by atoms with E-state index in [0.29, 0.717) is 11.3 Å². The van der Waals surface area contributed by atoms with Gasteiger partial charge in [-0.05, 0) is 37.3 Å². The van der Waals surface area contributed by atoms with Crippen LogP contribution in [0, 0.1) is 18.3 Å². The van der Waals surface area contributed by atoms with Crippen molar-refractivity contribution >= 4 is 10.0 Å². The molecular weight excluding hydrogens is 236 g/mol. The molecule has 0 fully saturated rings. The van der Waals surface area contributed by atoms with Gasteiger partial charge in [0.05, 0.1) is 16.5 Å². The quantitative estimate of drug-likeness (QED) is 0.813. The van der Waals surface area contributed by atoms with Crippen LogP contribution in [0.25, 0.3) is 0 Å². The van der Waals surface area contributed by atoms with Crippen LogP contribution in [0.1, 0.15) is 11.3 Å². The van der Waals surface area contributed by atoms with Crippen molar-refractivity contribution in [2.75, 3.05) is 0 Å². The van der Waals surface area contributed by atoms with E-state index in [1.165, 1.54) is 22.3 Å². The molecule has 0 atom stereocenters. The number of benzene rings is 1. The summed E-state index contributed by atoms with van der Waals surface area (Å²) < 4.78 is 25.7.